The summed E-state index contributed by atoms with van der Waals surface area (Å²) in [6, 6.07) is 1.67. The van der Waals surface area contributed by atoms with E-state index in [1.165, 1.54) is 31.3 Å². The third-order valence-corrected chi connectivity index (χ3v) is 3.56. The van der Waals surface area contributed by atoms with Crippen molar-refractivity contribution in [3.05, 3.63) is 29.7 Å². The van der Waals surface area contributed by atoms with Crippen molar-refractivity contribution in [2.75, 3.05) is 19.5 Å². The zero-order valence-corrected chi connectivity index (χ0v) is 14.0. The summed E-state index contributed by atoms with van der Waals surface area (Å²) in [4.78, 5) is 23.4. The fourth-order valence-electron chi connectivity index (χ4n) is 2.33. The van der Waals surface area contributed by atoms with Gasteiger partial charge in [0.25, 0.3) is 0 Å². The largest absolute Gasteiger partial charge is 0.495 e. The van der Waals surface area contributed by atoms with Crippen LogP contribution in [0.1, 0.15) is 11.3 Å². The molecule has 3 heterocycles. The molecule has 0 saturated carbocycles. The Bertz CT molecular complexity index is 957. The monoisotopic (exact) mass is 360 g/mol. The second kappa shape index (κ2) is 7.19. The van der Waals surface area contributed by atoms with Crippen molar-refractivity contribution in [3.8, 4) is 11.6 Å². The van der Waals surface area contributed by atoms with E-state index in [0.717, 1.165) is 0 Å². The summed E-state index contributed by atoms with van der Waals surface area (Å²) >= 11 is 0. The van der Waals surface area contributed by atoms with Gasteiger partial charge >= 0.3 is 6.09 Å². The maximum absolute atomic E-state index is 11.2. The van der Waals surface area contributed by atoms with Gasteiger partial charge in [0.1, 0.15) is 22.5 Å². The average molecular weight is 360 g/mol. The minimum Gasteiger partial charge on any atom is -0.495 e. The van der Waals surface area contributed by atoms with Crippen LogP contribution in [0, 0.1) is 0 Å². The van der Waals surface area contributed by atoms with E-state index in [-0.39, 0.29) is 30.5 Å². The molecular formula is C15H16N6O5. The van der Waals surface area contributed by atoms with E-state index in [2.05, 4.69) is 30.1 Å². The number of fused-ring (bicyclic) bond motifs is 1. The first-order valence-electron chi connectivity index (χ1n) is 7.45. The fraction of sp³-hybridized carbons (Fsp3) is 0.267. The Kier molecular flexibility index (Phi) is 4.80. The van der Waals surface area contributed by atoms with E-state index in [4.69, 9.17) is 4.74 Å². The van der Waals surface area contributed by atoms with E-state index in [1.54, 1.807) is 6.07 Å². The maximum atomic E-state index is 11.2. The molecule has 3 aromatic heterocycles. The van der Waals surface area contributed by atoms with Crippen molar-refractivity contribution in [3.63, 3.8) is 0 Å². The number of carbonyl (C=O) groups excluding carboxylic acids is 1. The number of hydrogen-bond donors (Lipinski definition) is 3. The molecule has 0 bridgehead atoms. The Morgan fingerprint density at radius 2 is 2.12 bits per heavy atom. The SMILES string of the molecule is COC(=O)Nc1nc(O)c2c(cnn2Cc2ncc(CO)cc2OC)n1. The number of carbonyl (C=O) groups is 1. The molecule has 0 spiro atoms. The Morgan fingerprint density at radius 1 is 1.31 bits per heavy atom. The van der Waals surface area contributed by atoms with E-state index in [0.29, 0.717) is 22.5 Å². The first-order chi connectivity index (χ1) is 12.5. The molecule has 0 aliphatic rings. The van der Waals surface area contributed by atoms with Crippen LogP contribution in [0.5, 0.6) is 11.6 Å². The van der Waals surface area contributed by atoms with Crippen LogP contribution in [0.15, 0.2) is 18.5 Å². The summed E-state index contributed by atoms with van der Waals surface area (Å²) in [6.45, 7) is 0.0258. The molecule has 0 radical (unpaired) electrons. The maximum Gasteiger partial charge on any atom is 0.413 e. The molecule has 11 nitrogen and oxygen atoms in total. The van der Waals surface area contributed by atoms with E-state index < -0.39 is 6.09 Å². The predicted octanol–water partition coefficient (Wildman–Crippen LogP) is 0.654. The van der Waals surface area contributed by atoms with Gasteiger partial charge in [-0.25, -0.2) is 9.78 Å². The lowest BCUT2D eigenvalue weighted by molar-refractivity contribution is 0.186. The van der Waals surface area contributed by atoms with Gasteiger partial charge in [0.05, 0.1) is 33.6 Å². The van der Waals surface area contributed by atoms with E-state index in [9.17, 15) is 15.0 Å². The molecule has 3 N–H and O–H groups in total. The Morgan fingerprint density at radius 3 is 2.81 bits per heavy atom. The summed E-state index contributed by atoms with van der Waals surface area (Å²) in [5.74, 6) is 0.0128. The normalized spacial score (nSPS) is 10.7. The minimum absolute atomic E-state index is 0.107. The minimum atomic E-state index is -0.756. The van der Waals surface area contributed by atoms with Crippen LogP contribution >= 0.6 is 0 Å². The first kappa shape index (κ1) is 17.4. The van der Waals surface area contributed by atoms with Crippen LogP contribution in [-0.4, -0.2) is 55.3 Å². The number of aliphatic hydroxyl groups is 1. The Hall–Kier alpha value is -3.47. The molecule has 0 saturated heterocycles. The van der Waals surface area contributed by atoms with Crippen LogP contribution in [0.4, 0.5) is 10.7 Å². The highest BCUT2D eigenvalue weighted by Crippen LogP contribution is 2.25. The number of amides is 1. The van der Waals surface area contributed by atoms with Crippen LogP contribution in [0.3, 0.4) is 0 Å². The topological polar surface area (TPSA) is 145 Å². The first-order valence-corrected chi connectivity index (χ1v) is 7.45. The number of aromatic hydroxyl groups is 1. The lowest BCUT2D eigenvalue weighted by Gasteiger charge is -2.10. The molecule has 0 aliphatic carbocycles. The lowest BCUT2D eigenvalue weighted by Crippen LogP contribution is -2.13. The van der Waals surface area contributed by atoms with Crippen LogP contribution in [0.25, 0.3) is 11.0 Å². The van der Waals surface area contributed by atoms with Gasteiger partial charge in [-0.15, -0.1) is 0 Å². The molecular weight excluding hydrogens is 344 g/mol. The van der Waals surface area contributed by atoms with Crippen molar-refractivity contribution in [2.45, 2.75) is 13.2 Å². The van der Waals surface area contributed by atoms with Crippen molar-refractivity contribution in [1.29, 1.82) is 0 Å². The Balaban J connectivity index is 1.96. The van der Waals surface area contributed by atoms with Gasteiger partial charge in [-0.05, 0) is 11.6 Å². The van der Waals surface area contributed by atoms with Gasteiger partial charge in [0.2, 0.25) is 11.8 Å². The number of aliphatic hydroxyl groups excluding tert-OH is 1. The fourth-order valence-corrected chi connectivity index (χ4v) is 2.33. The second-order valence-corrected chi connectivity index (χ2v) is 5.17. The van der Waals surface area contributed by atoms with Crippen molar-refractivity contribution >= 4 is 23.1 Å². The number of hydrogen-bond acceptors (Lipinski definition) is 9. The molecule has 3 rings (SSSR count). The zero-order valence-electron chi connectivity index (χ0n) is 14.0. The summed E-state index contributed by atoms with van der Waals surface area (Å²) in [5.41, 5.74) is 1.76. The molecule has 0 unspecified atom stereocenters. The molecule has 0 fully saturated rings. The molecule has 136 valence electrons. The van der Waals surface area contributed by atoms with Crippen LogP contribution < -0.4 is 10.1 Å². The lowest BCUT2D eigenvalue weighted by atomic mass is 10.2. The number of rotatable bonds is 5. The average Bonchev–Trinajstić information content (AvgIpc) is 3.05. The highest BCUT2D eigenvalue weighted by atomic mass is 16.5. The third kappa shape index (κ3) is 3.32. The summed E-state index contributed by atoms with van der Waals surface area (Å²) < 4.78 is 11.2. The highest BCUT2D eigenvalue weighted by molar-refractivity contribution is 5.85. The molecule has 1 amide bonds. The highest BCUT2D eigenvalue weighted by Gasteiger charge is 2.16. The van der Waals surface area contributed by atoms with Gasteiger partial charge in [-0.3, -0.25) is 15.0 Å². The third-order valence-electron chi connectivity index (χ3n) is 3.56. The second-order valence-electron chi connectivity index (χ2n) is 5.17. The van der Waals surface area contributed by atoms with Crippen molar-refractivity contribution in [1.82, 2.24) is 24.7 Å². The molecule has 3 aromatic rings. The molecule has 0 aliphatic heterocycles. The predicted molar refractivity (Wildman–Crippen MR) is 88.8 cm³/mol. The summed E-state index contributed by atoms with van der Waals surface area (Å²) in [6.07, 6.45) is 2.19. The number of pyridine rings is 1. The van der Waals surface area contributed by atoms with Gasteiger partial charge in [0.15, 0.2) is 0 Å². The van der Waals surface area contributed by atoms with Gasteiger partial charge < -0.3 is 19.7 Å². The van der Waals surface area contributed by atoms with Crippen molar-refractivity contribution < 1.29 is 24.5 Å². The van der Waals surface area contributed by atoms with Gasteiger partial charge in [-0.2, -0.15) is 10.1 Å². The van der Waals surface area contributed by atoms with Crippen LogP contribution in [0.2, 0.25) is 0 Å². The number of methoxy groups -OCH3 is 2. The molecule has 0 aromatic carbocycles. The summed E-state index contributed by atoms with van der Waals surface area (Å²) in [7, 11) is 2.70. The van der Waals surface area contributed by atoms with Crippen LogP contribution in [-0.2, 0) is 17.9 Å². The van der Waals surface area contributed by atoms with E-state index in [1.807, 2.05) is 0 Å². The van der Waals surface area contributed by atoms with Gasteiger partial charge in [-0.1, -0.05) is 0 Å². The number of aromatic nitrogens is 5. The number of nitrogens with zero attached hydrogens (tertiary/aromatic N) is 5. The summed E-state index contributed by atoms with van der Waals surface area (Å²) in [5, 5.41) is 25.8. The van der Waals surface area contributed by atoms with Crippen molar-refractivity contribution in [2.24, 2.45) is 0 Å². The quantitative estimate of drug-likeness (QED) is 0.597. The molecule has 26 heavy (non-hydrogen) atoms. The number of nitrogens with one attached hydrogen (secondary N) is 1. The Labute approximate surface area is 147 Å². The molecule has 0 atom stereocenters. The molecule has 11 heteroatoms. The smallest absolute Gasteiger partial charge is 0.413 e. The number of anilines is 1. The van der Waals surface area contributed by atoms with Gasteiger partial charge in [0, 0.05) is 6.20 Å². The number of ether oxygens (including phenoxy) is 2. The standard InChI is InChI=1S/C15H16N6O5/c1-25-11-3-8(7-22)4-16-10(11)6-21-12-9(5-17-21)18-14(19-13(12)23)20-15(24)26-2/h3-5,22H,6-7H2,1-2H3,(H2,18,19,20,23,24). The van der Waals surface area contributed by atoms with E-state index >= 15 is 0 Å². The zero-order chi connectivity index (χ0) is 18.7.